The highest BCUT2D eigenvalue weighted by atomic mass is 16.5. The van der Waals surface area contributed by atoms with Gasteiger partial charge in [-0.15, -0.1) is 0 Å². The van der Waals surface area contributed by atoms with Crippen LogP contribution in [0.2, 0.25) is 0 Å². The van der Waals surface area contributed by atoms with Crippen molar-refractivity contribution in [1.82, 2.24) is 5.32 Å². The Labute approximate surface area is 54.7 Å². The quantitative estimate of drug-likeness (QED) is 0.439. The molecule has 0 unspecified atom stereocenters. The topological polar surface area (TPSA) is 38.3 Å². The van der Waals surface area contributed by atoms with Crippen molar-refractivity contribution in [3.8, 4) is 0 Å². The van der Waals surface area contributed by atoms with Gasteiger partial charge in [-0.3, -0.25) is 4.79 Å². The first-order chi connectivity index (χ1) is 4.31. The molecule has 0 aromatic heterocycles. The zero-order valence-electron chi connectivity index (χ0n) is 5.68. The van der Waals surface area contributed by atoms with Crippen LogP contribution in [0.25, 0.3) is 0 Å². The predicted octanol–water partition coefficient (Wildman–Crippen LogP) is 0.283. The van der Waals surface area contributed by atoms with Gasteiger partial charge >= 0.3 is 0 Å². The zero-order valence-corrected chi connectivity index (χ0v) is 5.68. The number of nitrogens with one attached hydrogen (secondary N) is 1. The summed E-state index contributed by atoms with van der Waals surface area (Å²) in [7, 11) is 1.52. The molecule has 1 N–H and O–H groups in total. The van der Waals surface area contributed by atoms with Crippen LogP contribution in [0.5, 0.6) is 0 Å². The summed E-state index contributed by atoms with van der Waals surface area (Å²) in [6.07, 6.45) is 3.12. The summed E-state index contributed by atoms with van der Waals surface area (Å²) >= 11 is 0. The van der Waals surface area contributed by atoms with Crippen molar-refractivity contribution in [3.63, 3.8) is 0 Å². The van der Waals surface area contributed by atoms with Gasteiger partial charge in [-0.1, -0.05) is 6.08 Å². The second kappa shape index (κ2) is 5.31. The van der Waals surface area contributed by atoms with Crippen molar-refractivity contribution in [2.24, 2.45) is 0 Å². The molecule has 0 aliphatic carbocycles. The van der Waals surface area contributed by atoms with Crippen LogP contribution in [0, 0.1) is 0 Å². The molecule has 0 spiro atoms. The zero-order chi connectivity index (χ0) is 7.11. The average molecular weight is 129 g/mol. The van der Waals surface area contributed by atoms with Crippen LogP contribution in [-0.4, -0.2) is 19.7 Å². The third-order valence-electron chi connectivity index (χ3n) is 0.709. The second-order valence-electron chi connectivity index (χ2n) is 1.47. The molecule has 52 valence electrons. The minimum Gasteiger partial charge on any atom is -0.364 e. The Bertz CT molecular complexity index is 110. The Kier molecular flexibility index (Phi) is 4.82. The maximum atomic E-state index is 10.5. The fourth-order valence-electron chi connectivity index (χ4n) is 0.354. The number of carbonyl (C=O) groups is 1. The van der Waals surface area contributed by atoms with E-state index in [4.69, 9.17) is 0 Å². The SMILES string of the molecule is C/C=C/C(=O)NCOC. The van der Waals surface area contributed by atoms with E-state index in [1.807, 2.05) is 0 Å². The minimum absolute atomic E-state index is 0.126. The lowest BCUT2D eigenvalue weighted by Crippen LogP contribution is -2.22. The molecule has 3 heteroatoms. The van der Waals surface area contributed by atoms with Crippen LogP contribution >= 0.6 is 0 Å². The van der Waals surface area contributed by atoms with Crippen LogP contribution in [-0.2, 0) is 9.53 Å². The number of hydrogen-bond donors (Lipinski definition) is 1. The molecule has 0 aliphatic heterocycles. The molecule has 0 radical (unpaired) electrons. The lowest BCUT2D eigenvalue weighted by atomic mass is 10.5. The van der Waals surface area contributed by atoms with E-state index in [0.29, 0.717) is 0 Å². The molecule has 0 rings (SSSR count). The molecule has 1 amide bonds. The number of rotatable bonds is 3. The lowest BCUT2D eigenvalue weighted by molar-refractivity contribution is -0.117. The number of allylic oxidation sites excluding steroid dienone is 1. The largest absolute Gasteiger partial charge is 0.364 e. The molecule has 3 nitrogen and oxygen atoms in total. The monoisotopic (exact) mass is 129 g/mol. The van der Waals surface area contributed by atoms with Gasteiger partial charge in [-0.2, -0.15) is 0 Å². The van der Waals surface area contributed by atoms with Crippen molar-refractivity contribution >= 4 is 5.91 Å². The molecule has 0 heterocycles. The van der Waals surface area contributed by atoms with Gasteiger partial charge in [0.2, 0.25) is 5.91 Å². The summed E-state index contributed by atoms with van der Waals surface area (Å²) in [5, 5.41) is 2.49. The third kappa shape index (κ3) is 5.03. The highest BCUT2D eigenvalue weighted by Gasteiger charge is 1.88. The van der Waals surface area contributed by atoms with Crippen molar-refractivity contribution in [2.75, 3.05) is 13.8 Å². The van der Waals surface area contributed by atoms with Crippen molar-refractivity contribution in [2.45, 2.75) is 6.92 Å². The first-order valence-electron chi connectivity index (χ1n) is 2.70. The molecule has 0 aromatic carbocycles. The number of hydrogen-bond acceptors (Lipinski definition) is 2. The van der Waals surface area contributed by atoms with E-state index in [2.05, 4.69) is 10.1 Å². The first-order valence-corrected chi connectivity index (χ1v) is 2.70. The lowest BCUT2D eigenvalue weighted by Gasteiger charge is -1.96. The van der Waals surface area contributed by atoms with Crippen molar-refractivity contribution in [1.29, 1.82) is 0 Å². The summed E-state index contributed by atoms with van der Waals surface area (Å²) < 4.78 is 4.59. The highest BCUT2D eigenvalue weighted by molar-refractivity contribution is 5.87. The Hall–Kier alpha value is -0.830. The van der Waals surface area contributed by atoms with Gasteiger partial charge < -0.3 is 10.1 Å². The molecule has 0 aromatic rings. The van der Waals surface area contributed by atoms with Gasteiger partial charge in [-0.05, 0) is 13.0 Å². The minimum atomic E-state index is -0.126. The van der Waals surface area contributed by atoms with Crippen LogP contribution in [0.4, 0.5) is 0 Å². The Morgan fingerprint density at radius 2 is 2.44 bits per heavy atom. The summed E-state index contributed by atoms with van der Waals surface area (Å²) in [5.74, 6) is -0.126. The number of carbonyl (C=O) groups excluding carboxylic acids is 1. The standard InChI is InChI=1S/C6H11NO2/c1-3-4-6(8)7-5-9-2/h3-4H,5H2,1-2H3,(H,7,8)/b4-3+. The molecule has 0 saturated heterocycles. The smallest absolute Gasteiger partial charge is 0.245 e. The van der Waals surface area contributed by atoms with Gasteiger partial charge in [0.15, 0.2) is 0 Å². The Morgan fingerprint density at radius 3 is 2.89 bits per heavy atom. The Balaban J connectivity index is 3.27. The summed E-state index contributed by atoms with van der Waals surface area (Å²) in [6, 6.07) is 0. The number of methoxy groups -OCH3 is 1. The van der Waals surface area contributed by atoms with E-state index in [1.54, 1.807) is 13.0 Å². The van der Waals surface area contributed by atoms with E-state index in [-0.39, 0.29) is 12.6 Å². The van der Waals surface area contributed by atoms with E-state index in [9.17, 15) is 4.79 Å². The van der Waals surface area contributed by atoms with E-state index in [1.165, 1.54) is 13.2 Å². The first kappa shape index (κ1) is 8.17. The molecule has 0 bridgehead atoms. The third-order valence-corrected chi connectivity index (χ3v) is 0.709. The maximum Gasteiger partial charge on any atom is 0.245 e. The molecular weight excluding hydrogens is 118 g/mol. The summed E-state index contributed by atoms with van der Waals surface area (Å²) in [5.41, 5.74) is 0. The van der Waals surface area contributed by atoms with E-state index >= 15 is 0 Å². The van der Waals surface area contributed by atoms with Gasteiger partial charge in [0, 0.05) is 7.11 Å². The summed E-state index contributed by atoms with van der Waals surface area (Å²) in [6.45, 7) is 2.05. The molecule has 0 saturated carbocycles. The van der Waals surface area contributed by atoms with Gasteiger partial charge in [-0.25, -0.2) is 0 Å². The molecule has 0 fully saturated rings. The highest BCUT2D eigenvalue weighted by Crippen LogP contribution is 1.70. The normalized spacial score (nSPS) is 10.0. The second-order valence-corrected chi connectivity index (χ2v) is 1.47. The number of ether oxygens (including phenoxy) is 1. The predicted molar refractivity (Wildman–Crippen MR) is 34.8 cm³/mol. The van der Waals surface area contributed by atoms with Crippen LogP contribution in [0.3, 0.4) is 0 Å². The fourth-order valence-corrected chi connectivity index (χ4v) is 0.354. The van der Waals surface area contributed by atoms with Gasteiger partial charge in [0.1, 0.15) is 6.73 Å². The van der Waals surface area contributed by atoms with Crippen LogP contribution in [0.15, 0.2) is 12.2 Å². The number of amides is 1. The van der Waals surface area contributed by atoms with Crippen molar-refractivity contribution in [3.05, 3.63) is 12.2 Å². The molecular formula is C6H11NO2. The average Bonchev–Trinajstić information content (AvgIpc) is 1.85. The van der Waals surface area contributed by atoms with Crippen LogP contribution < -0.4 is 5.32 Å². The Morgan fingerprint density at radius 1 is 1.78 bits per heavy atom. The summed E-state index contributed by atoms with van der Waals surface area (Å²) in [4.78, 5) is 10.5. The van der Waals surface area contributed by atoms with Crippen LogP contribution in [0.1, 0.15) is 6.92 Å². The molecule has 0 aliphatic rings. The molecule has 9 heavy (non-hydrogen) atoms. The van der Waals surface area contributed by atoms with Crippen molar-refractivity contribution < 1.29 is 9.53 Å². The van der Waals surface area contributed by atoms with E-state index in [0.717, 1.165) is 0 Å². The van der Waals surface area contributed by atoms with E-state index < -0.39 is 0 Å². The maximum absolute atomic E-state index is 10.5. The van der Waals surface area contributed by atoms with Gasteiger partial charge in [0.25, 0.3) is 0 Å². The van der Waals surface area contributed by atoms with Gasteiger partial charge in [0.05, 0.1) is 0 Å². The molecule has 0 atom stereocenters. The fraction of sp³-hybridized carbons (Fsp3) is 0.500.